The molecule has 2 rings (SSSR count). The van der Waals surface area contributed by atoms with Crippen LogP contribution in [0.5, 0.6) is 0 Å². The summed E-state index contributed by atoms with van der Waals surface area (Å²) >= 11 is 3.52. The summed E-state index contributed by atoms with van der Waals surface area (Å²) in [6.45, 7) is 3.11. The van der Waals surface area contributed by atoms with Crippen LogP contribution >= 0.6 is 39.9 Å². The van der Waals surface area contributed by atoms with E-state index in [0.717, 1.165) is 22.9 Å². The lowest BCUT2D eigenvalue weighted by molar-refractivity contribution is 0.458. The number of nitrogens with zero attached hydrogens (tertiary/aromatic N) is 3. The zero-order chi connectivity index (χ0) is 14.7. The zero-order valence-electron chi connectivity index (χ0n) is 13.3. The van der Waals surface area contributed by atoms with E-state index >= 15 is 0 Å². The smallest absolute Gasteiger partial charge is 0.193 e. The van der Waals surface area contributed by atoms with Gasteiger partial charge in [0.25, 0.3) is 0 Å². The molecule has 4 nitrogen and oxygen atoms in total. The van der Waals surface area contributed by atoms with Crippen LogP contribution in [0.25, 0.3) is 0 Å². The summed E-state index contributed by atoms with van der Waals surface area (Å²) in [7, 11) is 6.02. The molecule has 1 heterocycles. The summed E-state index contributed by atoms with van der Waals surface area (Å²) in [5.41, 5.74) is 1.27. The average Bonchev–Trinajstić information content (AvgIpc) is 3.05. The molecule has 1 aliphatic rings. The molecule has 1 aliphatic carbocycles. The number of aryl methyl sites for hydroxylation is 1. The number of guanidine groups is 1. The highest BCUT2D eigenvalue weighted by Gasteiger charge is 2.37. The van der Waals surface area contributed by atoms with Crippen LogP contribution in [0.15, 0.2) is 21.7 Å². The van der Waals surface area contributed by atoms with Gasteiger partial charge in [-0.3, -0.25) is 4.99 Å². The third-order valence-electron chi connectivity index (χ3n) is 3.94. The Labute approximate surface area is 153 Å². The van der Waals surface area contributed by atoms with Gasteiger partial charge in [0, 0.05) is 43.5 Å². The van der Waals surface area contributed by atoms with Crippen molar-refractivity contribution in [2.45, 2.75) is 38.8 Å². The van der Waals surface area contributed by atoms with Gasteiger partial charge in [0.1, 0.15) is 0 Å². The van der Waals surface area contributed by atoms with Gasteiger partial charge < -0.3 is 14.8 Å². The molecule has 1 N–H and O–H groups in total. The van der Waals surface area contributed by atoms with Crippen molar-refractivity contribution in [3.8, 4) is 0 Å². The Hall–Kier alpha value is -0.240. The topological polar surface area (TPSA) is 32.6 Å². The fraction of sp³-hybridized carbons (Fsp3) is 0.667. The van der Waals surface area contributed by atoms with Crippen LogP contribution in [-0.2, 0) is 13.6 Å². The highest BCUT2D eigenvalue weighted by Crippen LogP contribution is 2.34. The predicted molar refractivity (Wildman–Crippen MR) is 103 cm³/mol. The number of hydrogen-bond donors (Lipinski definition) is 1. The van der Waals surface area contributed by atoms with Gasteiger partial charge in [0.2, 0.25) is 0 Å². The number of nitrogens with one attached hydrogen (secondary N) is 1. The summed E-state index contributed by atoms with van der Waals surface area (Å²) in [6.07, 6.45) is 5.96. The highest BCUT2D eigenvalue weighted by atomic mass is 127. The van der Waals surface area contributed by atoms with Gasteiger partial charge in [-0.1, -0.05) is 13.3 Å². The molecule has 1 aromatic rings. The van der Waals surface area contributed by atoms with Crippen molar-refractivity contribution < 1.29 is 0 Å². The monoisotopic (exact) mass is 468 g/mol. The molecule has 6 heteroatoms. The maximum absolute atomic E-state index is 4.41. The Kier molecular flexibility index (Phi) is 7.53. The first-order valence-corrected chi connectivity index (χ1v) is 8.09. The van der Waals surface area contributed by atoms with Gasteiger partial charge in [-0.2, -0.15) is 0 Å². The molecule has 0 aromatic carbocycles. The molecule has 0 saturated heterocycles. The second kappa shape index (κ2) is 8.41. The SMILES string of the molecule is CCCC1CC1NC(=NC)N(C)Cc1cc(Br)cn1C.I. The van der Waals surface area contributed by atoms with E-state index in [1.54, 1.807) is 0 Å². The van der Waals surface area contributed by atoms with Crippen molar-refractivity contribution in [3.05, 3.63) is 22.4 Å². The van der Waals surface area contributed by atoms with Crippen LogP contribution in [0.4, 0.5) is 0 Å². The van der Waals surface area contributed by atoms with Gasteiger partial charge in [-0.25, -0.2) is 0 Å². The lowest BCUT2D eigenvalue weighted by Crippen LogP contribution is -2.40. The van der Waals surface area contributed by atoms with Crippen LogP contribution in [0.2, 0.25) is 0 Å². The molecule has 120 valence electrons. The first kappa shape index (κ1) is 18.8. The van der Waals surface area contributed by atoms with E-state index in [9.17, 15) is 0 Å². The van der Waals surface area contributed by atoms with Gasteiger partial charge in [-0.15, -0.1) is 24.0 Å². The molecular formula is C15H26BrIN4. The second-order valence-corrected chi connectivity index (χ2v) is 6.61. The summed E-state index contributed by atoms with van der Waals surface area (Å²) in [6, 6.07) is 2.78. The highest BCUT2D eigenvalue weighted by molar-refractivity contribution is 14.0. The lowest BCUT2D eigenvalue weighted by atomic mass is 10.2. The van der Waals surface area contributed by atoms with Crippen molar-refractivity contribution in [3.63, 3.8) is 0 Å². The lowest BCUT2D eigenvalue weighted by Gasteiger charge is -2.22. The van der Waals surface area contributed by atoms with E-state index in [2.05, 4.69) is 69.0 Å². The van der Waals surface area contributed by atoms with Gasteiger partial charge in [-0.05, 0) is 40.8 Å². The maximum Gasteiger partial charge on any atom is 0.193 e. The number of aliphatic imine (C=N–C) groups is 1. The fourth-order valence-electron chi connectivity index (χ4n) is 2.67. The van der Waals surface area contributed by atoms with E-state index in [1.165, 1.54) is 25.0 Å². The van der Waals surface area contributed by atoms with E-state index in [4.69, 9.17) is 0 Å². The first-order valence-electron chi connectivity index (χ1n) is 7.30. The number of halogens is 2. The van der Waals surface area contributed by atoms with Gasteiger partial charge >= 0.3 is 0 Å². The molecule has 2 unspecified atom stereocenters. The van der Waals surface area contributed by atoms with E-state index in [0.29, 0.717) is 6.04 Å². The van der Waals surface area contributed by atoms with Crippen LogP contribution < -0.4 is 5.32 Å². The predicted octanol–water partition coefficient (Wildman–Crippen LogP) is 3.60. The summed E-state index contributed by atoms with van der Waals surface area (Å²) in [5, 5.41) is 3.58. The van der Waals surface area contributed by atoms with Gasteiger partial charge in [0.05, 0.1) is 6.54 Å². The molecular weight excluding hydrogens is 443 g/mol. The first-order chi connectivity index (χ1) is 9.55. The maximum atomic E-state index is 4.41. The normalized spacial score (nSPS) is 20.9. The van der Waals surface area contributed by atoms with Crippen LogP contribution in [0, 0.1) is 5.92 Å². The van der Waals surface area contributed by atoms with E-state index in [1.807, 2.05) is 7.05 Å². The molecule has 0 spiro atoms. The van der Waals surface area contributed by atoms with Crippen molar-refractivity contribution >= 4 is 45.9 Å². The Balaban J connectivity index is 0.00000220. The largest absolute Gasteiger partial charge is 0.353 e. The van der Waals surface area contributed by atoms with Crippen molar-refractivity contribution in [2.75, 3.05) is 14.1 Å². The molecule has 1 saturated carbocycles. The molecule has 0 aliphatic heterocycles. The molecule has 1 aromatic heterocycles. The third kappa shape index (κ3) is 5.16. The molecule has 0 radical (unpaired) electrons. The molecule has 2 atom stereocenters. The zero-order valence-corrected chi connectivity index (χ0v) is 17.2. The second-order valence-electron chi connectivity index (χ2n) is 5.70. The van der Waals surface area contributed by atoms with Crippen molar-refractivity contribution in [1.29, 1.82) is 0 Å². The van der Waals surface area contributed by atoms with Crippen LogP contribution in [0.3, 0.4) is 0 Å². The van der Waals surface area contributed by atoms with Crippen LogP contribution in [0.1, 0.15) is 31.9 Å². The van der Waals surface area contributed by atoms with E-state index in [-0.39, 0.29) is 24.0 Å². The quantitative estimate of drug-likeness (QED) is 0.406. The Morgan fingerprint density at radius 2 is 2.29 bits per heavy atom. The molecule has 0 bridgehead atoms. The average molecular weight is 469 g/mol. The Bertz CT molecular complexity index is 486. The molecule has 0 amide bonds. The number of aromatic nitrogens is 1. The standard InChI is InChI=1S/C15H25BrN4.HI/c1-5-6-11-7-14(11)18-15(17-2)20(4)10-13-8-12(16)9-19(13)3;/h8-9,11,14H,5-7,10H2,1-4H3,(H,17,18);1H. The fourth-order valence-corrected chi connectivity index (χ4v) is 3.24. The minimum absolute atomic E-state index is 0. The number of hydrogen-bond acceptors (Lipinski definition) is 1. The van der Waals surface area contributed by atoms with E-state index < -0.39 is 0 Å². The minimum Gasteiger partial charge on any atom is -0.353 e. The van der Waals surface area contributed by atoms with Crippen molar-refractivity contribution in [1.82, 2.24) is 14.8 Å². The van der Waals surface area contributed by atoms with Gasteiger partial charge in [0.15, 0.2) is 5.96 Å². The summed E-state index contributed by atoms with van der Waals surface area (Å²) in [4.78, 5) is 6.59. The molecule has 1 fully saturated rings. The molecule has 21 heavy (non-hydrogen) atoms. The van der Waals surface area contributed by atoms with Crippen molar-refractivity contribution in [2.24, 2.45) is 18.0 Å². The summed E-state index contributed by atoms with van der Waals surface area (Å²) in [5.74, 6) is 1.83. The Morgan fingerprint density at radius 3 is 2.81 bits per heavy atom. The minimum atomic E-state index is 0. The Morgan fingerprint density at radius 1 is 1.57 bits per heavy atom. The number of rotatable bonds is 5. The third-order valence-corrected chi connectivity index (χ3v) is 4.38. The van der Waals surface area contributed by atoms with Crippen LogP contribution in [-0.4, -0.2) is 35.6 Å². The summed E-state index contributed by atoms with van der Waals surface area (Å²) < 4.78 is 3.27.